The Bertz CT molecular complexity index is 468. The molecule has 4 nitrogen and oxygen atoms in total. The van der Waals surface area contributed by atoms with Crippen molar-refractivity contribution in [3.05, 3.63) is 29.8 Å². The van der Waals surface area contributed by atoms with Gasteiger partial charge in [0.15, 0.2) is 0 Å². The van der Waals surface area contributed by atoms with E-state index < -0.39 is 5.54 Å². The van der Waals surface area contributed by atoms with Gasteiger partial charge in [0.2, 0.25) is 5.91 Å². The summed E-state index contributed by atoms with van der Waals surface area (Å²) in [6.45, 7) is 4.57. The van der Waals surface area contributed by atoms with E-state index in [1.165, 1.54) is 0 Å². The lowest BCUT2D eigenvalue weighted by molar-refractivity contribution is -0.137. The third kappa shape index (κ3) is 2.80. The summed E-state index contributed by atoms with van der Waals surface area (Å²) in [6.07, 6.45) is 2.68. The highest BCUT2D eigenvalue weighted by Gasteiger charge is 2.37. The van der Waals surface area contributed by atoms with Gasteiger partial charge in [-0.3, -0.25) is 4.79 Å². The number of carbonyl (C=O) groups excluding carboxylic acids is 1. The lowest BCUT2D eigenvalue weighted by Crippen LogP contribution is -2.52. The minimum atomic E-state index is -0.769. The van der Waals surface area contributed by atoms with Gasteiger partial charge in [0.05, 0.1) is 18.7 Å². The number of likely N-dealkylation sites (tertiary alicyclic amines) is 1. The van der Waals surface area contributed by atoms with Gasteiger partial charge in [-0.05, 0) is 43.9 Å². The number of nitrogens with two attached hydrogens (primary N) is 1. The van der Waals surface area contributed by atoms with Crippen molar-refractivity contribution in [2.45, 2.75) is 44.7 Å². The molecule has 4 heteroatoms. The second-order valence-corrected chi connectivity index (χ2v) is 5.70. The number of carbonyl (C=O) groups is 1. The van der Waals surface area contributed by atoms with E-state index in [1.807, 2.05) is 43.0 Å². The minimum Gasteiger partial charge on any atom is -0.497 e. The van der Waals surface area contributed by atoms with Crippen LogP contribution in [0, 0.1) is 0 Å². The van der Waals surface area contributed by atoms with E-state index in [-0.39, 0.29) is 11.9 Å². The average Bonchev–Trinajstić information content (AvgIpc) is 2.95. The Kier molecular flexibility index (Phi) is 4.33. The molecule has 0 radical (unpaired) electrons. The minimum absolute atomic E-state index is 0.0540. The van der Waals surface area contributed by atoms with Crippen molar-refractivity contribution in [3.8, 4) is 5.75 Å². The zero-order valence-corrected chi connectivity index (χ0v) is 12.6. The Hall–Kier alpha value is -1.55. The number of benzene rings is 1. The van der Waals surface area contributed by atoms with Gasteiger partial charge >= 0.3 is 0 Å². The van der Waals surface area contributed by atoms with Crippen LogP contribution >= 0.6 is 0 Å². The summed E-state index contributed by atoms with van der Waals surface area (Å²) in [6, 6.07) is 8.10. The molecule has 2 rings (SSSR count). The third-order valence-electron chi connectivity index (χ3n) is 4.24. The van der Waals surface area contributed by atoms with Crippen molar-refractivity contribution in [1.29, 1.82) is 0 Å². The second-order valence-electron chi connectivity index (χ2n) is 5.70. The maximum atomic E-state index is 12.6. The molecular formula is C16H24N2O2. The first-order valence-corrected chi connectivity index (χ1v) is 7.23. The number of ether oxygens (including phenoxy) is 1. The summed E-state index contributed by atoms with van der Waals surface area (Å²) in [5, 5.41) is 0. The number of nitrogens with zero attached hydrogens (tertiary/aromatic N) is 1. The van der Waals surface area contributed by atoms with Crippen molar-refractivity contribution in [3.63, 3.8) is 0 Å². The van der Waals surface area contributed by atoms with Crippen molar-refractivity contribution in [2.24, 2.45) is 5.73 Å². The van der Waals surface area contributed by atoms with Gasteiger partial charge in [0.25, 0.3) is 0 Å². The van der Waals surface area contributed by atoms with Gasteiger partial charge in [0.1, 0.15) is 5.75 Å². The van der Waals surface area contributed by atoms with E-state index in [4.69, 9.17) is 10.5 Å². The number of rotatable bonds is 4. The topological polar surface area (TPSA) is 55.6 Å². The molecule has 0 aliphatic carbocycles. The molecule has 20 heavy (non-hydrogen) atoms. The molecule has 0 saturated carbocycles. The standard InChI is InChI=1S/C16H24N2O2/c1-4-16(2,17)15(19)18-11-5-6-14(18)12-7-9-13(20-3)10-8-12/h7-10,14H,4-6,11,17H2,1-3H3. The van der Waals surface area contributed by atoms with Gasteiger partial charge in [-0.1, -0.05) is 19.1 Å². The monoisotopic (exact) mass is 276 g/mol. The largest absolute Gasteiger partial charge is 0.497 e. The van der Waals surface area contributed by atoms with Crippen LogP contribution in [0.15, 0.2) is 24.3 Å². The van der Waals surface area contributed by atoms with Crippen LogP contribution in [-0.4, -0.2) is 30.0 Å². The molecule has 1 aromatic rings. The van der Waals surface area contributed by atoms with Crippen LogP contribution in [0.5, 0.6) is 5.75 Å². The first-order valence-electron chi connectivity index (χ1n) is 7.23. The van der Waals surface area contributed by atoms with Crippen molar-refractivity contribution in [2.75, 3.05) is 13.7 Å². The van der Waals surface area contributed by atoms with Crippen LogP contribution in [-0.2, 0) is 4.79 Å². The van der Waals surface area contributed by atoms with E-state index in [1.54, 1.807) is 7.11 Å². The highest BCUT2D eigenvalue weighted by Crippen LogP contribution is 2.34. The van der Waals surface area contributed by atoms with Gasteiger partial charge in [-0.25, -0.2) is 0 Å². The first-order chi connectivity index (χ1) is 9.49. The average molecular weight is 276 g/mol. The molecule has 0 aromatic heterocycles. The van der Waals surface area contributed by atoms with E-state index in [0.717, 1.165) is 30.7 Å². The van der Waals surface area contributed by atoms with E-state index in [9.17, 15) is 4.79 Å². The summed E-state index contributed by atoms with van der Waals surface area (Å²) in [4.78, 5) is 14.5. The molecule has 2 N–H and O–H groups in total. The van der Waals surface area contributed by atoms with Crippen molar-refractivity contribution >= 4 is 5.91 Å². The number of methoxy groups -OCH3 is 1. The smallest absolute Gasteiger partial charge is 0.242 e. The van der Waals surface area contributed by atoms with Gasteiger partial charge in [-0.2, -0.15) is 0 Å². The molecule has 1 heterocycles. The molecule has 1 aromatic carbocycles. The van der Waals surface area contributed by atoms with Crippen molar-refractivity contribution in [1.82, 2.24) is 4.90 Å². The van der Waals surface area contributed by atoms with Crippen LogP contribution in [0.25, 0.3) is 0 Å². The fraction of sp³-hybridized carbons (Fsp3) is 0.562. The molecule has 1 aliphatic rings. The molecule has 1 amide bonds. The Balaban J connectivity index is 2.20. The molecule has 0 bridgehead atoms. The Morgan fingerprint density at radius 2 is 2.10 bits per heavy atom. The molecule has 1 saturated heterocycles. The summed E-state index contributed by atoms with van der Waals surface area (Å²) < 4.78 is 5.18. The predicted octanol–water partition coefficient (Wildman–Crippen LogP) is 2.49. The lowest BCUT2D eigenvalue weighted by atomic mass is 9.96. The SMILES string of the molecule is CCC(C)(N)C(=O)N1CCCC1c1ccc(OC)cc1. The first kappa shape index (κ1) is 14.9. The summed E-state index contributed by atoms with van der Waals surface area (Å²) >= 11 is 0. The van der Waals surface area contributed by atoms with E-state index in [0.29, 0.717) is 6.42 Å². The molecule has 2 unspecified atom stereocenters. The van der Waals surface area contributed by atoms with Crippen molar-refractivity contribution < 1.29 is 9.53 Å². The zero-order chi connectivity index (χ0) is 14.8. The lowest BCUT2D eigenvalue weighted by Gasteiger charge is -2.32. The fourth-order valence-corrected chi connectivity index (χ4v) is 2.66. The molecule has 0 spiro atoms. The fourth-order valence-electron chi connectivity index (χ4n) is 2.66. The van der Waals surface area contributed by atoms with Gasteiger partial charge < -0.3 is 15.4 Å². The second kappa shape index (κ2) is 5.83. The van der Waals surface area contributed by atoms with Gasteiger partial charge in [-0.15, -0.1) is 0 Å². The van der Waals surface area contributed by atoms with Crippen LogP contribution < -0.4 is 10.5 Å². The molecule has 110 valence electrons. The number of amides is 1. The summed E-state index contributed by atoms with van der Waals surface area (Å²) in [7, 11) is 1.65. The number of hydrogen-bond acceptors (Lipinski definition) is 3. The van der Waals surface area contributed by atoms with E-state index in [2.05, 4.69) is 0 Å². The Morgan fingerprint density at radius 3 is 2.65 bits per heavy atom. The highest BCUT2D eigenvalue weighted by atomic mass is 16.5. The van der Waals surface area contributed by atoms with E-state index >= 15 is 0 Å². The van der Waals surface area contributed by atoms with Crippen LogP contribution in [0.2, 0.25) is 0 Å². The molecular weight excluding hydrogens is 252 g/mol. The third-order valence-corrected chi connectivity index (χ3v) is 4.24. The summed E-state index contributed by atoms with van der Waals surface area (Å²) in [5.41, 5.74) is 6.50. The Morgan fingerprint density at radius 1 is 1.45 bits per heavy atom. The number of hydrogen-bond donors (Lipinski definition) is 1. The Labute approximate surface area is 120 Å². The van der Waals surface area contributed by atoms with Gasteiger partial charge in [0, 0.05) is 6.54 Å². The quantitative estimate of drug-likeness (QED) is 0.919. The molecule has 1 aliphatic heterocycles. The normalized spacial score (nSPS) is 21.6. The van der Waals surface area contributed by atoms with Crippen LogP contribution in [0.1, 0.15) is 44.7 Å². The zero-order valence-electron chi connectivity index (χ0n) is 12.6. The molecule has 2 atom stereocenters. The van der Waals surface area contributed by atoms with Crippen LogP contribution in [0.4, 0.5) is 0 Å². The maximum absolute atomic E-state index is 12.6. The van der Waals surface area contributed by atoms with Crippen LogP contribution in [0.3, 0.4) is 0 Å². The highest BCUT2D eigenvalue weighted by molar-refractivity contribution is 5.86. The summed E-state index contributed by atoms with van der Waals surface area (Å²) in [5.74, 6) is 0.889. The predicted molar refractivity (Wildman–Crippen MR) is 79.6 cm³/mol. The molecule has 1 fully saturated rings. The maximum Gasteiger partial charge on any atom is 0.242 e.